The van der Waals surface area contributed by atoms with Crippen molar-refractivity contribution in [3.63, 3.8) is 0 Å². The van der Waals surface area contributed by atoms with Gasteiger partial charge in [-0.1, -0.05) is 13.8 Å². The molecule has 0 aliphatic heterocycles. The Balaban J connectivity index is 0. The molecule has 0 heterocycles. The van der Waals surface area contributed by atoms with Crippen LogP contribution < -0.4 is 10.6 Å². The topological polar surface area (TPSA) is 69.1 Å². The molecule has 0 spiro atoms. The highest BCUT2D eigenvalue weighted by Gasteiger charge is 2.25. The van der Waals surface area contributed by atoms with Gasteiger partial charge in [-0.05, 0) is 51.6 Å². The fraction of sp³-hybridized carbons (Fsp3) is 0.944. The zero-order valence-corrected chi connectivity index (χ0v) is 19.3. The van der Waals surface area contributed by atoms with Gasteiger partial charge in [-0.2, -0.15) is 0 Å². The number of aliphatic imine (C=N–C) groups is 1. The number of aliphatic hydroxyl groups excluding tert-OH is 1. The number of rotatable bonds is 14. The molecule has 0 saturated carbocycles. The van der Waals surface area contributed by atoms with Crippen LogP contribution >= 0.6 is 24.0 Å². The Morgan fingerprint density at radius 3 is 2.36 bits per heavy atom. The van der Waals surface area contributed by atoms with E-state index in [1.807, 2.05) is 0 Å². The third-order valence-corrected chi connectivity index (χ3v) is 4.75. The summed E-state index contributed by atoms with van der Waals surface area (Å²) in [6.07, 6.45) is 3.95. The molecule has 0 atom stereocenters. The number of nitrogens with one attached hydrogen (secondary N) is 2. The largest absolute Gasteiger partial charge is 0.396 e. The molecule has 25 heavy (non-hydrogen) atoms. The Morgan fingerprint density at radius 2 is 1.84 bits per heavy atom. The highest BCUT2D eigenvalue weighted by molar-refractivity contribution is 14.0. The van der Waals surface area contributed by atoms with Gasteiger partial charge in [0.25, 0.3) is 0 Å². The van der Waals surface area contributed by atoms with Crippen LogP contribution in [0.25, 0.3) is 0 Å². The zero-order valence-electron chi connectivity index (χ0n) is 16.9. The first-order valence-corrected chi connectivity index (χ1v) is 9.38. The second-order valence-electron chi connectivity index (χ2n) is 6.45. The van der Waals surface area contributed by atoms with Crippen molar-refractivity contribution in [2.24, 2.45) is 10.4 Å². The minimum absolute atomic E-state index is 0. The molecule has 7 heteroatoms. The molecule has 6 nitrogen and oxygen atoms in total. The van der Waals surface area contributed by atoms with Crippen LogP contribution in [0.5, 0.6) is 0 Å². The van der Waals surface area contributed by atoms with Crippen LogP contribution in [0.3, 0.4) is 0 Å². The van der Waals surface area contributed by atoms with E-state index in [1.54, 1.807) is 7.11 Å². The third kappa shape index (κ3) is 12.8. The minimum Gasteiger partial charge on any atom is -0.396 e. The highest BCUT2D eigenvalue weighted by atomic mass is 127. The lowest BCUT2D eigenvalue weighted by Gasteiger charge is -2.29. The maximum atomic E-state index is 9.33. The van der Waals surface area contributed by atoms with E-state index < -0.39 is 0 Å². The average Bonchev–Trinajstić information content (AvgIpc) is 2.60. The molecular formula is C18H41IN4O2. The number of halogens is 1. The Bertz CT molecular complexity index is 326. The summed E-state index contributed by atoms with van der Waals surface area (Å²) in [4.78, 5) is 7.04. The Morgan fingerprint density at radius 1 is 1.16 bits per heavy atom. The Labute approximate surface area is 172 Å². The molecule has 0 unspecified atom stereocenters. The van der Waals surface area contributed by atoms with E-state index in [2.05, 4.69) is 43.4 Å². The molecule has 0 fully saturated rings. The van der Waals surface area contributed by atoms with Crippen molar-refractivity contribution in [3.05, 3.63) is 0 Å². The standard InChI is InChI=1S/C18H40N4O2.HI/c1-6-18(7-2,10-14-23)16-21-17(19-8-3)20-11-9-12-22(4)13-15-24-5;/h23H,6-16H2,1-5H3,(H2,19,20,21);1H. The predicted octanol–water partition coefficient (Wildman–Crippen LogP) is 2.32. The molecule has 0 rings (SSSR count). The molecule has 0 aromatic heterocycles. The fourth-order valence-electron chi connectivity index (χ4n) is 2.65. The normalized spacial score (nSPS) is 12.2. The lowest BCUT2D eigenvalue weighted by Crippen LogP contribution is -2.40. The molecule has 0 aromatic rings. The van der Waals surface area contributed by atoms with Gasteiger partial charge >= 0.3 is 0 Å². The molecule has 0 aromatic carbocycles. The van der Waals surface area contributed by atoms with Crippen molar-refractivity contribution in [1.82, 2.24) is 15.5 Å². The summed E-state index contributed by atoms with van der Waals surface area (Å²) < 4.78 is 5.09. The fourth-order valence-corrected chi connectivity index (χ4v) is 2.65. The smallest absolute Gasteiger partial charge is 0.191 e. The monoisotopic (exact) mass is 472 g/mol. The second-order valence-corrected chi connectivity index (χ2v) is 6.45. The number of guanidine groups is 1. The zero-order chi connectivity index (χ0) is 18.3. The van der Waals surface area contributed by atoms with Crippen LogP contribution in [-0.4, -0.2) is 76.1 Å². The SMILES string of the molecule is CCNC(=NCC(CC)(CC)CCO)NCCCN(C)CCOC.I. The summed E-state index contributed by atoms with van der Waals surface area (Å²) in [6, 6.07) is 0. The number of aliphatic hydroxyl groups is 1. The Hall–Kier alpha value is -0.120. The predicted molar refractivity (Wildman–Crippen MR) is 118 cm³/mol. The van der Waals surface area contributed by atoms with E-state index in [4.69, 9.17) is 9.73 Å². The molecule has 0 aliphatic carbocycles. The average molecular weight is 472 g/mol. The van der Waals surface area contributed by atoms with Crippen LogP contribution in [0.4, 0.5) is 0 Å². The van der Waals surface area contributed by atoms with Crippen molar-refractivity contribution >= 4 is 29.9 Å². The van der Waals surface area contributed by atoms with Crippen LogP contribution in [0.1, 0.15) is 46.5 Å². The minimum atomic E-state index is 0. The van der Waals surface area contributed by atoms with Gasteiger partial charge in [0.1, 0.15) is 0 Å². The molecule has 0 radical (unpaired) electrons. The third-order valence-electron chi connectivity index (χ3n) is 4.75. The summed E-state index contributed by atoms with van der Waals surface area (Å²) in [5.41, 5.74) is 0.109. The molecule has 0 amide bonds. The van der Waals surface area contributed by atoms with E-state index in [-0.39, 0.29) is 36.0 Å². The highest BCUT2D eigenvalue weighted by Crippen LogP contribution is 2.30. The van der Waals surface area contributed by atoms with Gasteiger partial charge in [-0.3, -0.25) is 4.99 Å². The number of methoxy groups -OCH3 is 1. The maximum absolute atomic E-state index is 9.33. The van der Waals surface area contributed by atoms with Gasteiger partial charge in [0.15, 0.2) is 5.96 Å². The summed E-state index contributed by atoms with van der Waals surface area (Å²) in [5, 5.41) is 16.1. The lowest BCUT2D eigenvalue weighted by atomic mass is 9.79. The first kappa shape index (κ1) is 27.1. The van der Waals surface area contributed by atoms with Crippen molar-refractivity contribution in [1.29, 1.82) is 0 Å². The van der Waals surface area contributed by atoms with Crippen molar-refractivity contribution in [2.45, 2.75) is 46.5 Å². The first-order chi connectivity index (χ1) is 11.6. The summed E-state index contributed by atoms with van der Waals surface area (Å²) >= 11 is 0. The van der Waals surface area contributed by atoms with E-state index in [9.17, 15) is 5.11 Å². The summed E-state index contributed by atoms with van der Waals surface area (Å²) in [6.45, 7) is 12.0. The van der Waals surface area contributed by atoms with Crippen LogP contribution in [0.15, 0.2) is 4.99 Å². The number of nitrogens with zero attached hydrogens (tertiary/aromatic N) is 2. The van der Waals surface area contributed by atoms with E-state index >= 15 is 0 Å². The first-order valence-electron chi connectivity index (χ1n) is 9.38. The van der Waals surface area contributed by atoms with Crippen molar-refractivity contribution < 1.29 is 9.84 Å². The van der Waals surface area contributed by atoms with Crippen molar-refractivity contribution in [2.75, 3.05) is 60.1 Å². The van der Waals surface area contributed by atoms with Gasteiger partial charge in [-0.15, -0.1) is 24.0 Å². The summed E-state index contributed by atoms with van der Waals surface area (Å²) in [7, 11) is 3.85. The molecule has 3 N–H and O–H groups in total. The van der Waals surface area contributed by atoms with Crippen LogP contribution in [0.2, 0.25) is 0 Å². The van der Waals surface area contributed by atoms with Gasteiger partial charge in [0.2, 0.25) is 0 Å². The number of ether oxygens (including phenoxy) is 1. The second kappa shape index (κ2) is 17.3. The molecule has 0 aliphatic rings. The van der Waals surface area contributed by atoms with Crippen LogP contribution in [-0.2, 0) is 4.74 Å². The van der Waals surface area contributed by atoms with E-state index in [1.165, 1.54) is 0 Å². The van der Waals surface area contributed by atoms with Gasteiger partial charge in [0, 0.05) is 39.9 Å². The number of likely N-dealkylation sites (N-methyl/N-ethyl adjacent to an activating group) is 1. The molecule has 152 valence electrons. The quantitative estimate of drug-likeness (QED) is 0.157. The Kier molecular flexibility index (Phi) is 18.8. The maximum Gasteiger partial charge on any atom is 0.191 e. The molecule has 0 bridgehead atoms. The van der Waals surface area contributed by atoms with Crippen molar-refractivity contribution in [3.8, 4) is 0 Å². The summed E-state index contributed by atoms with van der Waals surface area (Å²) in [5.74, 6) is 0.876. The lowest BCUT2D eigenvalue weighted by molar-refractivity contribution is 0.161. The number of hydrogen-bond acceptors (Lipinski definition) is 4. The molecular weight excluding hydrogens is 431 g/mol. The number of hydrogen-bond donors (Lipinski definition) is 3. The van der Waals surface area contributed by atoms with E-state index in [0.29, 0.717) is 0 Å². The molecule has 0 saturated heterocycles. The van der Waals surface area contributed by atoms with Gasteiger partial charge in [0.05, 0.1) is 6.61 Å². The van der Waals surface area contributed by atoms with E-state index in [0.717, 1.165) is 71.0 Å². The van der Waals surface area contributed by atoms with Gasteiger partial charge < -0.3 is 25.4 Å². The van der Waals surface area contributed by atoms with Gasteiger partial charge in [-0.25, -0.2) is 0 Å². The van der Waals surface area contributed by atoms with Crippen LogP contribution in [0, 0.1) is 5.41 Å².